The van der Waals surface area contributed by atoms with Crippen LogP contribution >= 0.6 is 0 Å². The van der Waals surface area contributed by atoms with Crippen molar-refractivity contribution in [2.45, 2.75) is 40.2 Å². The summed E-state index contributed by atoms with van der Waals surface area (Å²) >= 11 is 0. The number of ether oxygens (including phenoxy) is 3. The first kappa shape index (κ1) is 19.9. The summed E-state index contributed by atoms with van der Waals surface area (Å²) in [5.74, 6) is -5.99. The Morgan fingerprint density at radius 2 is 1.46 bits per heavy atom. The average Bonchev–Trinajstić information content (AvgIpc) is 2.82. The molecule has 0 spiro atoms. The minimum Gasteiger partial charge on any atom is -0.465 e. The molecule has 24 heavy (non-hydrogen) atoms. The Hall–Kier alpha value is -2.12. The fraction of sp³-hybridized carbons (Fsp3) is 0.750. The molecule has 0 radical (unpaired) electrons. The molecule has 0 bridgehead atoms. The third kappa shape index (κ3) is 3.37. The van der Waals surface area contributed by atoms with E-state index in [9.17, 15) is 19.2 Å². The summed E-state index contributed by atoms with van der Waals surface area (Å²) < 4.78 is 15.0. The molecule has 0 saturated carbocycles. The molecule has 2 atom stereocenters. The lowest BCUT2D eigenvalue weighted by Gasteiger charge is -2.33. The van der Waals surface area contributed by atoms with Crippen LogP contribution in [0.5, 0.6) is 0 Å². The van der Waals surface area contributed by atoms with Crippen LogP contribution in [0.1, 0.15) is 34.6 Å². The van der Waals surface area contributed by atoms with E-state index in [4.69, 9.17) is 14.2 Å². The second-order valence-electron chi connectivity index (χ2n) is 5.74. The van der Waals surface area contributed by atoms with Crippen molar-refractivity contribution in [3.8, 4) is 0 Å². The minimum absolute atomic E-state index is 0.0186. The van der Waals surface area contributed by atoms with Crippen LogP contribution in [0.4, 0.5) is 0 Å². The van der Waals surface area contributed by atoms with Crippen LogP contribution in [0, 0.1) is 17.8 Å². The van der Waals surface area contributed by atoms with Gasteiger partial charge in [0, 0.05) is 5.92 Å². The van der Waals surface area contributed by atoms with E-state index in [1.165, 1.54) is 0 Å². The third-order valence-corrected chi connectivity index (χ3v) is 3.92. The first-order valence-corrected chi connectivity index (χ1v) is 8.10. The van der Waals surface area contributed by atoms with Crippen LogP contribution in [-0.2, 0) is 33.4 Å². The van der Waals surface area contributed by atoms with Crippen LogP contribution in [0.2, 0.25) is 0 Å². The monoisotopic (exact) mass is 343 g/mol. The molecule has 0 aromatic rings. The SMILES string of the molecule is CCOC(=O)[C@H]1C(=O)NC(C(=O)OCC)(C(=O)OCC)[C@H]1C(C)C. The van der Waals surface area contributed by atoms with Gasteiger partial charge >= 0.3 is 17.9 Å². The second-order valence-corrected chi connectivity index (χ2v) is 5.74. The summed E-state index contributed by atoms with van der Waals surface area (Å²) in [6.07, 6.45) is 0. The number of nitrogens with one attached hydrogen (secondary N) is 1. The van der Waals surface area contributed by atoms with Crippen molar-refractivity contribution in [3.63, 3.8) is 0 Å². The molecule has 1 saturated heterocycles. The van der Waals surface area contributed by atoms with E-state index < -0.39 is 41.2 Å². The Morgan fingerprint density at radius 1 is 1.00 bits per heavy atom. The van der Waals surface area contributed by atoms with E-state index in [1.54, 1.807) is 34.6 Å². The smallest absolute Gasteiger partial charge is 0.344 e. The van der Waals surface area contributed by atoms with Gasteiger partial charge in [0.15, 0.2) is 0 Å². The summed E-state index contributed by atoms with van der Waals surface area (Å²) in [7, 11) is 0. The maximum Gasteiger partial charge on any atom is 0.344 e. The quantitative estimate of drug-likeness (QED) is 0.406. The number of carbonyl (C=O) groups is 4. The van der Waals surface area contributed by atoms with Crippen LogP contribution in [0.3, 0.4) is 0 Å². The van der Waals surface area contributed by atoms with Gasteiger partial charge in [-0.1, -0.05) is 13.8 Å². The summed E-state index contributed by atoms with van der Waals surface area (Å²) in [6.45, 7) is 8.32. The normalized spacial score (nSPS) is 22.0. The molecule has 8 nitrogen and oxygen atoms in total. The molecule has 0 aromatic carbocycles. The van der Waals surface area contributed by atoms with E-state index in [-0.39, 0.29) is 25.7 Å². The highest BCUT2D eigenvalue weighted by Gasteiger charge is 2.67. The molecule has 136 valence electrons. The number of hydrogen-bond donors (Lipinski definition) is 1. The lowest BCUT2D eigenvalue weighted by Crippen LogP contribution is -2.62. The Labute approximate surface area is 141 Å². The van der Waals surface area contributed by atoms with E-state index in [2.05, 4.69) is 5.32 Å². The van der Waals surface area contributed by atoms with Crippen LogP contribution < -0.4 is 5.32 Å². The van der Waals surface area contributed by atoms with Crippen molar-refractivity contribution in [1.82, 2.24) is 5.32 Å². The summed E-state index contributed by atoms with van der Waals surface area (Å²) in [5.41, 5.74) is -2.05. The Kier molecular flexibility index (Phi) is 6.74. The predicted molar refractivity (Wildman–Crippen MR) is 82.6 cm³/mol. The molecule has 0 aliphatic carbocycles. The number of hydrogen-bond acceptors (Lipinski definition) is 7. The van der Waals surface area contributed by atoms with Crippen LogP contribution in [0.15, 0.2) is 0 Å². The Balaban J connectivity index is 3.44. The zero-order valence-electron chi connectivity index (χ0n) is 14.7. The molecule has 8 heteroatoms. The van der Waals surface area contributed by atoms with Gasteiger partial charge in [0.2, 0.25) is 11.4 Å². The fourth-order valence-electron chi connectivity index (χ4n) is 3.09. The fourth-order valence-corrected chi connectivity index (χ4v) is 3.09. The molecule has 1 heterocycles. The van der Waals surface area contributed by atoms with E-state index in [0.717, 1.165) is 0 Å². The summed E-state index contributed by atoms with van der Waals surface area (Å²) in [4.78, 5) is 49.8. The predicted octanol–water partition coefficient (Wildman–Crippen LogP) is 0.433. The molecule has 0 aromatic heterocycles. The number of amides is 1. The lowest BCUT2D eigenvalue weighted by molar-refractivity contribution is -0.170. The lowest BCUT2D eigenvalue weighted by atomic mass is 9.73. The van der Waals surface area contributed by atoms with Crippen molar-refractivity contribution in [1.29, 1.82) is 0 Å². The number of rotatable bonds is 7. The summed E-state index contributed by atoms with van der Waals surface area (Å²) in [6, 6.07) is 0. The molecule has 1 amide bonds. The molecular weight excluding hydrogens is 318 g/mol. The molecular formula is C16H25NO7. The van der Waals surface area contributed by atoms with Gasteiger partial charge < -0.3 is 19.5 Å². The highest BCUT2D eigenvalue weighted by molar-refractivity contribution is 6.15. The van der Waals surface area contributed by atoms with Crippen molar-refractivity contribution >= 4 is 23.8 Å². The van der Waals surface area contributed by atoms with Gasteiger partial charge in [0.25, 0.3) is 0 Å². The maximum absolute atomic E-state index is 12.6. The highest BCUT2D eigenvalue weighted by atomic mass is 16.6. The van der Waals surface area contributed by atoms with Crippen molar-refractivity contribution in [2.24, 2.45) is 17.8 Å². The van der Waals surface area contributed by atoms with Crippen molar-refractivity contribution in [2.75, 3.05) is 19.8 Å². The molecule has 1 rings (SSSR count). The van der Waals surface area contributed by atoms with Crippen molar-refractivity contribution < 1.29 is 33.4 Å². The maximum atomic E-state index is 12.6. The van der Waals surface area contributed by atoms with Gasteiger partial charge in [0.05, 0.1) is 19.8 Å². The largest absolute Gasteiger partial charge is 0.465 e. The first-order valence-electron chi connectivity index (χ1n) is 8.10. The van der Waals surface area contributed by atoms with Gasteiger partial charge in [-0.2, -0.15) is 0 Å². The topological polar surface area (TPSA) is 108 Å². The van der Waals surface area contributed by atoms with Gasteiger partial charge in [-0.3, -0.25) is 9.59 Å². The second kappa shape index (κ2) is 8.12. The highest BCUT2D eigenvalue weighted by Crippen LogP contribution is 2.40. The Morgan fingerprint density at radius 3 is 1.83 bits per heavy atom. The third-order valence-electron chi connectivity index (χ3n) is 3.92. The van der Waals surface area contributed by atoms with E-state index in [1.807, 2.05) is 0 Å². The first-order chi connectivity index (χ1) is 11.3. The van der Waals surface area contributed by atoms with Crippen LogP contribution in [0.25, 0.3) is 0 Å². The van der Waals surface area contributed by atoms with Gasteiger partial charge in [-0.05, 0) is 26.7 Å². The van der Waals surface area contributed by atoms with Crippen molar-refractivity contribution in [3.05, 3.63) is 0 Å². The van der Waals surface area contributed by atoms with E-state index in [0.29, 0.717) is 0 Å². The molecule has 1 aliphatic heterocycles. The molecule has 1 fully saturated rings. The van der Waals surface area contributed by atoms with Gasteiger partial charge in [0.1, 0.15) is 5.92 Å². The molecule has 0 unspecified atom stereocenters. The van der Waals surface area contributed by atoms with Crippen LogP contribution in [-0.4, -0.2) is 49.2 Å². The van der Waals surface area contributed by atoms with Gasteiger partial charge in [-0.15, -0.1) is 0 Å². The molecule has 1 N–H and O–H groups in total. The Bertz CT molecular complexity index is 497. The standard InChI is InChI=1S/C16H25NO7/c1-6-22-13(19)10-11(9(4)5)16(17-12(10)18,14(20)23-7-2)15(21)24-8-3/h9-11H,6-8H2,1-5H3,(H,17,18)/t10-,11+/m1/s1. The zero-order valence-corrected chi connectivity index (χ0v) is 14.7. The van der Waals surface area contributed by atoms with Gasteiger partial charge in [-0.25, -0.2) is 9.59 Å². The van der Waals surface area contributed by atoms with E-state index >= 15 is 0 Å². The number of esters is 3. The zero-order chi connectivity index (χ0) is 18.5. The minimum atomic E-state index is -2.05. The summed E-state index contributed by atoms with van der Waals surface area (Å²) in [5, 5.41) is 2.37. The molecule has 1 aliphatic rings. The number of carbonyl (C=O) groups excluding carboxylic acids is 4. The average molecular weight is 343 g/mol.